The largest absolute Gasteiger partial charge is 0.322 e. The fourth-order valence-electron chi connectivity index (χ4n) is 3.13. The Hall–Kier alpha value is -3.82. The van der Waals surface area contributed by atoms with E-state index in [0.717, 1.165) is 11.1 Å². The summed E-state index contributed by atoms with van der Waals surface area (Å²) in [5, 5.41) is 15.1. The Kier molecular flexibility index (Phi) is 5.37. The maximum atomic E-state index is 12.5. The van der Waals surface area contributed by atoms with Gasteiger partial charge >= 0.3 is 0 Å². The molecule has 0 aliphatic rings. The third-order valence-electron chi connectivity index (χ3n) is 4.68. The number of nitrogens with zero attached hydrogens (tertiary/aromatic N) is 2. The van der Waals surface area contributed by atoms with Crippen molar-refractivity contribution < 1.29 is 13.2 Å². The molecule has 156 valence electrons. The van der Waals surface area contributed by atoms with E-state index in [-0.39, 0.29) is 10.8 Å². The van der Waals surface area contributed by atoms with Gasteiger partial charge in [-0.05, 0) is 55.0 Å². The van der Waals surface area contributed by atoms with Crippen molar-refractivity contribution in [3.05, 3.63) is 83.9 Å². The average molecular weight is 433 g/mol. The van der Waals surface area contributed by atoms with Crippen LogP contribution in [0.1, 0.15) is 15.9 Å². The monoisotopic (exact) mass is 433 g/mol. The number of nitrogens with two attached hydrogens (primary N) is 1. The fraction of sp³-hybridized carbons (Fsp3) is 0.0455. The Morgan fingerprint density at radius 3 is 2.32 bits per heavy atom. The second-order valence-corrected chi connectivity index (χ2v) is 8.46. The molecule has 8 nitrogen and oxygen atoms in total. The van der Waals surface area contributed by atoms with Crippen LogP contribution < -0.4 is 10.5 Å². The molecule has 0 unspecified atom stereocenters. The number of carbonyl (C=O) groups excluding carboxylic acids is 1. The van der Waals surface area contributed by atoms with Crippen LogP contribution in [0.3, 0.4) is 0 Å². The zero-order chi connectivity index (χ0) is 22.0. The molecule has 0 bridgehead atoms. The Morgan fingerprint density at radius 2 is 1.68 bits per heavy atom. The number of benzene rings is 3. The topological polar surface area (TPSA) is 131 Å². The van der Waals surface area contributed by atoms with Crippen molar-refractivity contribution in [1.82, 2.24) is 15.2 Å². The SMILES string of the molecule is Cc1cc(C(=O)Nc2ccc(-c3nc(-c4ccccc4)n[nH]3)cc2)ccc1S(N)(=O)=O. The van der Waals surface area contributed by atoms with Gasteiger partial charge in [0.25, 0.3) is 5.91 Å². The van der Waals surface area contributed by atoms with Gasteiger partial charge in [0.2, 0.25) is 10.0 Å². The number of carbonyl (C=O) groups is 1. The van der Waals surface area contributed by atoms with E-state index in [1.54, 1.807) is 19.1 Å². The zero-order valence-corrected chi connectivity index (χ0v) is 17.3. The third kappa shape index (κ3) is 4.52. The van der Waals surface area contributed by atoms with E-state index < -0.39 is 10.0 Å². The van der Waals surface area contributed by atoms with Crippen LogP contribution >= 0.6 is 0 Å². The molecule has 0 radical (unpaired) electrons. The molecule has 1 amide bonds. The van der Waals surface area contributed by atoms with E-state index in [0.29, 0.717) is 28.5 Å². The van der Waals surface area contributed by atoms with Crippen LogP contribution in [0.5, 0.6) is 0 Å². The van der Waals surface area contributed by atoms with Crippen molar-refractivity contribution in [2.24, 2.45) is 5.14 Å². The van der Waals surface area contributed by atoms with Crippen molar-refractivity contribution in [2.75, 3.05) is 5.32 Å². The normalized spacial score (nSPS) is 11.3. The van der Waals surface area contributed by atoms with E-state index >= 15 is 0 Å². The van der Waals surface area contributed by atoms with Gasteiger partial charge in [-0.15, -0.1) is 0 Å². The Bertz CT molecular complexity index is 1350. The number of amides is 1. The summed E-state index contributed by atoms with van der Waals surface area (Å²) in [4.78, 5) is 17.0. The van der Waals surface area contributed by atoms with Crippen molar-refractivity contribution in [1.29, 1.82) is 0 Å². The summed E-state index contributed by atoms with van der Waals surface area (Å²) >= 11 is 0. The van der Waals surface area contributed by atoms with Crippen LogP contribution in [0.25, 0.3) is 22.8 Å². The van der Waals surface area contributed by atoms with Gasteiger partial charge in [0.05, 0.1) is 4.90 Å². The van der Waals surface area contributed by atoms with Crippen LogP contribution in [-0.4, -0.2) is 29.5 Å². The predicted molar refractivity (Wildman–Crippen MR) is 118 cm³/mol. The van der Waals surface area contributed by atoms with Crippen LogP contribution in [0.15, 0.2) is 77.7 Å². The van der Waals surface area contributed by atoms with Gasteiger partial charge in [0.15, 0.2) is 11.6 Å². The molecule has 0 saturated carbocycles. The number of sulfonamides is 1. The third-order valence-corrected chi connectivity index (χ3v) is 5.75. The molecule has 0 atom stereocenters. The lowest BCUT2D eigenvalue weighted by molar-refractivity contribution is 0.102. The van der Waals surface area contributed by atoms with Gasteiger partial charge < -0.3 is 5.32 Å². The van der Waals surface area contributed by atoms with Gasteiger partial charge in [0.1, 0.15) is 0 Å². The van der Waals surface area contributed by atoms with Gasteiger partial charge in [-0.2, -0.15) is 5.10 Å². The molecule has 0 aliphatic carbocycles. The molecule has 0 saturated heterocycles. The smallest absolute Gasteiger partial charge is 0.255 e. The fourth-order valence-corrected chi connectivity index (χ4v) is 3.90. The molecule has 31 heavy (non-hydrogen) atoms. The van der Waals surface area contributed by atoms with Crippen LogP contribution in [-0.2, 0) is 10.0 Å². The van der Waals surface area contributed by atoms with Crippen molar-refractivity contribution in [2.45, 2.75) is 11.8 Å². The Labute approximate surface area is 179 Å². The summed E-state index contributed by atoms with van der Waals surface area (Å²) in [6.07, 6.45) is 0. The maximum Gasteiger partial charge on any atom is 0.255 e. The van der Waals surface area contributed by atoms with Crippen LogP contribution in [0, 0.1) is 6.92 Å². The number of aromatic nitrogens is 3. The van der Waals surface area contributed by atoms with Gasteiger partial charge in [-0.1, -0.05) is 30.3 Å². The van der Waals surface area contributed by atoms with Crippen molar-refractivity contribution in [3.8, 4) is 22.8 Å². The number of nitrogens with one attached hydrogen (secondary N) is 2. The molecule has 0 spiro atoms. The number of aryl methyl sites for hydroxylation is 1. The summed E-state index contributed by atoms with van der Waals surface area (Å²) in [7, 11) is -3.83. The average Bonchev–Trinajstić information content (AvgIpc) is 3.24. The number of H-pyrrole nitrogens is 1. The number of primary sulfonamides is 1. The Morgan fingerprint density at radius 1 is 0.968 bits per heavy atom. The summed E-state index contributed by atoms with van der Waals surface area (Å²) in [5.74, 6) is 0.861. The van der Waals surface area contributed by atoms with Crippen LogP contribution in [0.4, 0.5) is 5.69 Å². The standard InChI is InChI=1S/C22H19N5O3S/c1-14-13-17(9-12-19(14)31(23,29)30)22(28)24-18-10-7-16(8-11-18)21-25-20(26-27-21)15-5-3-2-4-6-15/h2-13H,1H3,(H,24,28)(H2,23,29,30)(H,25,26,27). The molecule has 9 heteroatoms. The number of rotatable bonds is 5. The highest BCUT2D eigenvalue weighted by Crippen LogP contribution is 2.22. The molecule has 1 aromatic heterocycles. The number of hydrogen-bond donors (Lipinski definition) is 3. The quantitative estimate of drug-likeness (QED) is 0.444. The molecule has 4 N–H and O–H groups in total. The molecule has 0 aliphatic heterocycles. The summed E-state index contributed by atoms with van der Waals surface area (Å²) in [6, 6.07) is 21.0. The van der Waals surface area contributed by atoms with E-state index in [1.807, 2.05) is 42.5 Å². The first-order valence-corrected chi connectivity index (χ1v) is 10.9. The first-order valence-electron chi connectivity index (χ1n) is 9.34. The number of hydrogen-bond acceptors (Lipinski definition) is 5. The van der Waals surface area contributed by atoms with Gasteiger partial charge in [-0.3, -0.25) is 9.89 Å². The molecule has 4 rings (SSSR count). The van der Waals surface area contributed by atoms with E-state index in [4.69, 9.17) is 5.14 Å². The number of anilines is 1. The van der Waals surface area contributed by atoms with Crippen molar-refractivity contribution >= 4 is 21.6 Å². The first-order chi connectivity index (χ1) is 14.8. The lowest BCUT2D eigenvalue weighted by Gasteiger charge is -2.08. The zero-order valence-electron chi connectivity index (χ0n) is 16.5. The minimum atomic E-state index is -3.83. The van der Waals surface area contributed by atoms with Crippen molar-refractivity contribution in [3.63, 3.8) is 0 Å². The summed E-state index contributed by atoms with van der Waals surface area (Å²) < 4.78 is 23.0. The second kappa shape index (κ2) is 8.13. The van der Waals surface area contributed by atoms with E-state index in [2.05, 4.69) is 20.5 Å². The molecule has 0 fully saturated rings. The maximum absolute atomic E-state index is 12.5. The molecule has 1 heterocycles. The molecule has 3 aromatic carbocycles. The molecular formula is C22H19N5O3S. The highest BCUT2D eigenvalue weighted by Gasteiger charge is 2.14. The first kappa shape index (κ1) is 20.5. The van der Waals surface area contributed by atoms with E-state index in [1.165, 1.54) is 18.2 Å². The highest BCUT2D eigenvalue weighted by molar-refractivity contribution is 7.89. The lowest BCUT2D eigenvalue weighted by Crippen LogP contribution is -2.16. The summed E-state index contributed by atoms with van der Waals surface area (Å²) in [6.45, 7) is 1.59. The van der Waals surface area contributed by atoms with E-state index in [9.17, 15) is 13.2 Å². The molecular weight excluding hydrogens is 414 g/mol. The predicted octanol–water partition coefficient (Wildman–Crippen LogP) is 3.35. The van der Waals surface area contributed by atoms with Gasteiger partial charge in [0, 0.05) is 22.4 Å². The molecule has 4 aromatic rings. The second-order valence-electron chi connectivity index (χ2n) is 6.93. The highest BCUT2D eigenvalue weighted by atomic mass is 32.2. The minimum Gasteiger partial charge on any atom is -0.322 e. The summed E-state index contributed by atoms with van der Waals surface area (Å²) in [5.41, 5.74) is 3.06. The number of aromatic amines is 1. The van der Waals surface area contributed by atoms with Gasteiger partial charge in [-0.25, -0.2) is 18.5 Å². The van der Waals surface area contributed by atoms with Crippen LogP contribution in [0.2, 0.25) is 0 Å². The Balaban J connectivity index is 1.48. The minimum absolute atomic E-state index is 0.00432. The lowest BCUT2D eigenvalue weighted by atomic mass is 10.1.